The Morgan fingerprint density at radius 3 is 2.55 bits per heavy atom. The standard InChI is InChI=1S/C28H33NO3S/c1-4-32-26-7-5-6-8-27(26)33-29-19-25-17-23(15-11-21(25)3)24(18-28(30)31)16-14-22-12-9-20(2)10-13-22/h5-13,15,17,24,29H,4,14,16,18-19H2,1-3H3,(H,30,31). The lowest BCUT2D eigenvalue weighted by Gasteiger charge is -2.18. The van der Waals surface area contributed by atoms with Crippen LogP contribution in [0.15, 0.2) is 71.6 Å². The molecule has 0 aromatic heterocycles. The van der Waals surface area contributed by atoms with Crippen LogP contribution < -0.4 is 9.46 Å². The van der Waals surface area contributed by atoms with Crippen LogP contribution >= 0.6 is 11.9 Å². The van der Waals surface area contributed by atoms with Crippen molar-refractivity contribution < 1.29 is 14.6 Å². The number of aryl methyl sites for hydroxylation is 3. The van der Waals surface area contributed by atoms with E-state index in [0.717, 1.165) is 29.1 Å². The second-order valence-corrected chi connectivity index (χ2v) is 9.24. The van der Waals surface area contributed by atoms with Crippen molar-refractivity contribution in [1.82, 2.24) is 4.72 Å². The number of carboxylic acid groups (broad SMARTS) is 1. The molecule has 1 unspecified atom stereocenters. The van der Waals surface area contributed by atoms with Gasteiger partial charge in [0.15, 0.2) is 0 Å². The first-order chi connectivity index (χ1) is 16.0. The Labute approximate surface area is 201 Å². The van der Waals surface area contributed by atoms with Gasteiger partial charge in [0.2, 0.25) is 0 Å². The third-order valence-electron chi connectivity index (χ3n) is 5.76. The van der Waals surface area contributed by atoms with Gasteiger partial charge in [-0.3, -0.25) is 9.52 Å². The summed E-state index contributed by atoms with van der Waals surface area (Å²) in [7, 11) is 0. The molecule has 0 aliphatic carbocycles. The van der Waals surface area contributed by atoms with Crippen molar-refractivity contribution in [2.45, 2.75) is 57.4 Å². The summed E-state index contributed by atoms with van der Waals surface area (Å²) in [6.45, 7) is 7.47. The summed E-state index contributed by atoms with van der Waals surface area (Å²) in [5, 5.41) is 9.51. The van der Waals surface area contributed by atoms with Gasteiger partial charge in [-0.2, -0.15) is 0 Å². The molecular weight excluding hydrogens is 430 g/mol. The van der Waals surface area contributed by atoms with E-state index in [0.29, 0.717) is 13.2 Å². The normalized spacial score (nSPS) is 11.8. The number of carbonyl (C=O) groups is 1. The summed E-state index contributed by atoms with van der Waals surface area (Å²) in [5.74, 6) is 0.0994. The maximum absolute atomic E-state index is 11.6. The number of benzene rings is 3. The second-order valence-electron chi connectivity index (χ2n) is 8.31. The van der Waals surface area contributed by atoms with E-state index in [1.165, 1.54) is 22.3 Å². The number of rotatable bonds is 12. The topological polar surface area (TPSA) is 58.6 Å². The Kier molecular flexibility index (Phi) is 9.40. The van der Waals surface area contributed by atoms with Crippen LogP contribution in [0.1, 0.15) is 53.5 Å². The van der Waals surface area contributed by atoms with Crippen molar-refractivity contribution in [3.05, 3.63) is 94.5 Å². The molecule has 3 rings (SSSR count). The molecule has 0 amide bonds. The summed E-state index contributed by atoms with van der Waals surface area (Å²) >= 11 is 1.55. The molecule has 0 bridgehead atoms. The minimum Gasteiger partial charge on any atom is -0.493 e. The van der Waals surface area contributed by atoms with E-state index in [9.17, 15) is 9.90 Å². The molecule has 4 nitrogen and oxygen atoms in total. The second kappa shape index (κ2) is 12.5. The molecule has 33 heavy (non-hydrogen) atoms. The molecule has 0 heterocycles. The maximum atomic E-state index is 11.6. The molecular formula is C28H33NO3S. The van der Waals surface area contributed by atoms with E-state index >= 15 is 0 Å². The Morgan fingerprint density at radius 1 is 1.06 bits per heavy atom. The van der Waals surface area contributed by atoms with Gasteiger partial charge >= 0.3 is 5.97 Å². The van der Waals surface area contributed by atoms with Crippen LogP contribution in [0.25, 0.3) is 0 Å². The van der Waals surface area contributed by atoms with Gasteiger partial charge in [0, 0.05) is 6.54 Å². The van der Waals surface area contributed by atoms with Gasteiger partial charge in [-0.25, -0.2) is 0 Å². The summed E-state index contributed by atoms with van der Waals surface area (Å²) in [6.07, 6.45) is 1.81. The third-order valence-corrected chi connectivity index (χ3v) is 6.61. The highest BCUT2D eigenvalue weighted by molar-refractivity contribution is 7.97. The predicted molar refractivity (Wildman–Crippen MR) is 136 cm³/mol. The minimum atomic E-state index is -0.757. The summed E-state index contributed by atoms with van der Waals surface area (Å²) < 4.78 is 9.15. The highest BCUT2D eigenvalue weighted by Crippen LogP contribution is 2.29. The molecule has 2 N–H and O–H groups in total. The number of hydrogen-bond donors (Lipinski definition) is 2. The van der Waals surface area contributed by atoms with E-state index in [1.54, 1.807) is 11.9 Å². The Hall–Kier alpha value is -2.76. The van der Waals surface area contributed by atoms with Crippen molar-refractivity contribution in [3.8, 4) is 5.75 Å². The van der Waals surface area contributed by atoms with E-state index in [-0.39, 0.29) is 12.3 Å². The van der Waals surface area contributed by atoms with Crippen LogP contribution in [-0.4, -0.2) is 17.7 Å². The number of para-hydroxylation sites is 1. The molecule has 1 atom stereocenters. The van der Waals surface area contributed by atoms with E-state index in [4.69, 9.17) is 4.74 Å². The number of aliphatic carboxylic acids is 1. The molecule has 0 fully saturated rings. The van der Waals surface area contributed by atoms with Gasteiger partial charge in [-0.05, 0) is 85.9 Å². The minimum absolute atomic E-state index is 0.0190. The van der Waals surface area contributed by atoms with Gasteiger partial charge in [-0.1, -0.05) is 60.2 Å². The first-order valence-electron chi connectivity index (χ1n) is 11.4. The summed E-state index contributed by atoms with van der Waals surface area (Å²) in [5.41, 5.74) is 5.94. The largest absolute Gasteiger partial charge is 0.493 e. The average molecular weight is 464 g/mol. The van der Waals surface area contributed by atoms with E-state index < -0.39 is 5.97 Å². The SMILES string of the molecule is CCOc1ccccc1SNCc1cc(C(CCc2ccc(C)cc2)CC(=O)O)ccc1C. The fourth-order valence-electron chi connectivity index (χ4n) is 3.83. The lowest BCUT2D eigenvalue weighted by atomic mass is 9.88. The molecule has 0 spiro atoms. The van der Waals surface area contributed by atoms with Crippen molar-refractivity contribution in [1.29, 1.82) is 0 Å². The van der Waals surface area contributed by atoms with Gasteiger partial charge in [0.25, 0.3) is 0 Å². The van der Waals surface area contributed by atoms with Crippen molar-refractivity contribution in [3.63, 3.8) is 0 Å². The Balaban J connectivity index is 1.69. The average Bonchev–Trinajstić information content (AvgIpc) is 2.80. The highest BCUT2D eigenvalue weighted by Gasteiger charge is 2.17. The highest BCUT2D eigenvalue weighted by atomic mass is 32.2. The number of nitrogens with one attached hydrogen (secondary N) is 1. The molecule has 0 radical (unpaired) electrons. The smallest absolute Gasteiger partial charge is 0.303 e. The van der Waals surface area contributed by atoms with Crippen LogP contribution in [0.5, 0.6) is 5.75 Å². The van der Waals surface area contributed by atoms with Crippen LogP contribution in [0, 0.1) is 13.8 Å². The fourth-order valence-corrected chi connectivity index (χ4v) is 4.59. The molecule has 0 aliphatic heterocycles. The first kappa shape index (κ1) is 24.9. The lowest BCUT2D eigenvalue weighted by Crippen LogP contribution is -2.10. The van der Waals surface area contributed by atoms with Gasteiger partial charge in [-0.15, -0.1) is 0 Å². The lowest BCUT2D eigenvalue weighted by molar-refractivity contribution is -0.137. The monoisotopic (exact) mass is 463 g/mol. The summed E-state index contributed by atoms with van der Waals surface area (Å²) in [4.78, 5) is 12.6. The maximum Gasteiger partial charge on any atom is 0.303 e. The van der Waals surface area contributed by atoms with E-state index in [2.05, 4.69) is 61.0 Å². The molecule has 3 aromatic carbocycles. The predicted octanol–water partition coefficient (Wildman–Crippen LogP) is 6.69. The fraction of sp³-hybridized carbons (Fsp3) is 0.321. The van der Waals surface area contributed by atoms with Crippen molar-refractivity contribution in [2.24, 2.45) is 0 Å². The number of carboxylic acids is 1. The molecule has 0 saturated heterocycles. The zero-order chi connectivity index (χ0) is 23.6. The molecule has 174 valence electrons. The summed E-state index contributed by atoms with van der Waals surface area (Å²) in [6, 6.07) is 22.8. The van der Waals surface area contributed by atoms with Gasteiger partial charge in [0.1, 0.15) is 5.75 Å². The van der Waals surface area contributed by atoms with Crippen LogP contribution in [0.4, 0.5) is 0 Å². The van der Waals surface area contributed by atoms with E-state index in [1.807, 2.05) is 31.2 Å². The van der Waals surface area contributed by atoms with Gasteiger partial charge < -0.3 is 9.84 Å². The van der Waals surface area contributed by atoms with Gasteiger partial charge in [0.05, 0.1) is 17.9 Å². The van der Waals surface area contributed by atoms with Crippen LogP contribution in [0.3, 0.4) is 0 Å². The van der Waals surface area contributed by atoms with Crippen molar-refractivity contribution in [2.75, 3.05) is 6.61 Å². The zero-order valence-electron chi connectivity index (χ0n) is 19.6. The number of ether oxygens (including phenoxy) is 1. The first-order valence-corrected chi connectivity index (χ1v) is 12.3. The van der Waals surface area contributed by atoms with Crippen LogP contribution in [-0.2, 0) is 17.8 Å². The zero-order valence-corrected chi connectivity index (χ0v) is 20.5. The Bertz CT molecular complexity index is 1050. The molecule has 5 heteroatoms. The number of hydrogen-bond acceptors (Lipinski definition) is 4. The third kappa shape index (κ3) is 7.65. The Morgan fingerprint density at radius 2 is 1.82 bits per heavy atom. The molecule has 0 aliphatic rings. The van der Waals surface area contributed by atoms with Crippen LogP contribution in [0.2, 0.25) is 0 Å². The molecule has 3 aromatic rings. The molecule has 0 saturated carbocycles. The van der Waals surface area contributed by atoms with Crippen molar-refractivity contribution >= 4 is 17.9 Å². The quantitative estimate of drug-likeness (QED) is 0.293.